The molecule has 1 aliphatic rings. The summed E-state index contributed by atoms with van der Waals surface area (Å²) in [7, 11) is 0. The number of carbonyl (C=O) groups excluding carboxylic acids is 1. The van der Waals surface area contributed by atoms with E-state index in [0.717, 1.165) is 41.2 Å². The lowest BCUT2D eigenvalue weighted by Gasteiger charge is -2.24. The number of nitrogens with one attached hydrogen (secondary N) is 1. The smallest absolute Gasteiger partial charge is 0.222 e. The summed E-state index contributed by atoms with van der Waals surface area (Å²) < 4.78 is 0.790. The van der Waals surface area contributed by atoms with E-state index in [1.54, 1.807) is 11.3 Å². The number of nitrogens with zero attached hydrogens (tertiary/aromatic N) is 1. The van der Waals surface area contributed by atoms with Gasteiger partial charge in [-0.1, -0.05) is 11.6 Å². The maximum absolute atomic E-state index is 12.3. The van der Waals surface area contributed by atoms with E-state index in [0.29, 0.717) is 13.0 Å². The fraction of sp³-hybridized carbons (Fsp3) is 0.667. The van der Waals surface area contributed by atoms with Gasteiger partial charge < -0.3 is 10.2 Å². The molecule has 0 unspecified atom stereocenters. The van der Waals surface area contributed by atoms with E-state index in [4.69, 9.17) is 11.6 Å². The molecule has 5 heteroatoms. The van der Waals surface area contributed by atoms with Crippen LogP contribution in [0.15, 0.2) is 12.1 Å². The van der Waals surface area contributed by atoms with Crippen LogP contribution >= 0.6 is 22.9 Å². The molecule has 0 spiro atoms. The molecule has 0 atom stereocenters. The fourth-order valence-corrected chi connectivity index (χ4v) is 3.76. The molecule has 0 aliphatic carbocycles. The van der Waals surface area contributed by atoms with Crippen molar-refractivity contribution in [2.24, 2.45) is 5.92 Å². The molecule has 2 rings (SSSR count). The summed E-state index contributed by atoms with van der Waals surface area (Å²) in [4.78, 5) is 15.4. The number of piperidine rings is 1. The standard InChI is InChI=1S/C15H23ClN2OS/c1-2-18(11-13-4-5-14(16)20-13)15(19)6-3-12-7-9-17-10-8-12/h4-5,12,17H,2-3,6-11H2,1H3. The average Bonchev–Trinajstić information content (AvgIpc) is 2.88. The van der Waals surface area contributed by atoms with E-state index in [9.17, 15) is 4.79 Å². The number of amides is 1. The van der Waals surface area contributed by atoms with Crippen molar-refractivity contribution < 1.29 is 4.79 Å². The lowest BCUT2D eigenvalue weighted by molar-refractivity contribution is -0.131. The third-order valence-corrected chi connectivity index (χ3v) is 5.15. The molecule has 0 bridgehead atoms. The zero-order chi connectivity index (χ0) is 14.4. The van der Waals surface area contributed by atoms with Gasteiger partial charge in [-0.2, -0.15) is 0 Å². The van der Waals surface area contributed by atoms with Crippen molar-refractivity contribution in [3.8, 4) is 0 Å². The summed E-state index contributed by atoms with van der Waals surface area (Å²) in [6.45, 7) is 5.70. The minimum absolute atomic E-state index is 0.274. The van der Waals surface area contributed by atoms with Crippen LogP contribution in [0.25, 0.3) is 0 Å². The quantitative estimate of drug-likeness (QED) is 0.871. The maximum Gasteiger partial charge on any atom is 0.222 e. The molecule has 20 heavy (non-hydrogen) atoms. The fourth-order valence-electron chi connectivity index (χ4n) is 2.66. The zero-order valence-corrected chi connectivity index (χ0v) is 13.6. The first-order valence-corrected chi connectivity index (χ1v) is 8.61. The van der Waals surface area contributed by atoms with Gasteiger partial charge in [0.05, 0.1) is 10.9 Å². The highest BCUT2D eigenvalue weighted by atomic mass is 35.5. The number of hydrogen-bond donors (Lipinski definition) is 1. The number of halogens is 1. The van der Waals surface area contributed by atoms with Gasteiger partial charge in [0, 0.05) is 17.8 Å². The van der Waals surface area contributed by atoms with Crippen LogP contribution in [0, 0.1) is 5.92 Å². The van der Waals surface area contributed by atoms with Crippen molar-refractivity contribution in [2.45, 2.75) is 39.2 Å². The summed E-state index contributed by atoms with van der Waals surface area (Å²) in [5, 5.41) is 3.36. The highest BCUT2D eigenvalue weighted by Gasteiger charge is 2.17. The van der Waals surface area contributed by atoms with Crippen molar-refractivity contribution in [3.05, 3.63) is 21.3 Å². The van der Waals surface area contributed by atoms with Gasteiger partial charge in [-0.15, -0.1) is 11.3 Å². The van der Waals surface area contributed by atoms with Gasteiger partial charge in [-0.3, -0.25) is 4.79 Å². The second-order valence-electron chi connectivity index (χ2n) is 5.35. The van der Waals surface area contributed by atoms with Gasteiger partial charge >= 0.3 is 0 Å². The molecule has 112 valence electrons. The van der Waals surface area contributed by atoms with Gasteiger partial charge in [-0.25, -0.2) is 0 Å². The Morgan fingerprint density at radius 3 is 2.80 bits per heavy atom. The molecular weight excluding hydrogens is 292 g/mol. The van der Waals surface area contributed by atoms with E-state index >= 15 is 0 Å². The minimum atomic E-state index is 0.274. The third kappa shape index (κ3) is 4.76. The number of thiophene rings is 1. The highest BCUT2D eigenvalue weighted by molar-refractivity contribution is 7.16. The molecule has 1 aliphatic heterocycles. The highest BCUT2D eigenvalue weighted by Crippen LogP contribution is 2.23. The topological polar surface area (TPSA) is 32.3 Å². The van der Waals surface area contributed by atoms with Crippen molar-refractivity contribution in [1.29, 1.82) is 0 Å². The second-order valence-corrected chi connectivity index (χ2v) is 7.15. The summed E-state index contributed by atoms with van der Waals surface area (Å²) in [6, 6.07) is 3.91. The Balaban J connectivity index is 1.79. The first-order chi connectivity index (χ1) is 9.69. The molecule has 0 radical (unpaired) electrons. The molecule has 1 aromatic heterocycles. The average molecular weight is 315 g/mol. The Hall–Kier alpha value is -0.580. The van der Waals surface area contributed by atoms with E-state index in [2.05, 4.69) is 5.32 Å². The molecule has 1 N–H and O–H groups in total. The Bertz CT molecular complexity index is 429. The van der Waals surface area contributed by atoms with Crippen LogP contribution in [0.3, 0.4) is 0 Å². The van der Waals surface area contributed by atoms with Crippen LogP contribution in [0.1, 0.15) is 37.5 Å². The van der Waals surface area contributed by atoms with E-state index in [-0.39, 0.29) is 5.91 Å². The first kappa shape index (κ1) is 15.8. The summed E-state index contributed by atoms with van der Waals surface area (Å²) in [5.74, 6) is 0.991. The first-order valence-electron chi connectivity index (χ1n) is 7.41. The number of carbonyl (C=O) groups is 1. The summed E-state index contributed by atoms with van der Waals surface area (Å²) >= 11 is 7.50. The summed E-state index contributed by atoms with van der Waals surface area (Å²) in [5.41, 5.74) is 0. The SMILES string of the molecule is CCN(Cc1ccc(Cl)s1)C(=O)CCC1CCNCC1. The number of hydrogen-bond acceptors (Lipinski definition) is 3. The van der Waals surface area contributed by atoms with Crippen LogP contribution in [-0.4, -0.2) is 30.4 Å². The van der Waals surface area contributed by atoms with Crippen LogP contribution < -0.4 is 5.32 Å². The van der Waals surface area contributed by atoms with Crippen molar-refractivity contribution >= 4 is 28.8 Å². The molecule has 2 heterocycles. The van der Waals surface area contributed by atoms with Crippen molar-refractivity contribution in [2.75, 3.05) is 19.6 Å². The van der Waals surface area contributed by atoms with Crippen LogP contribution in [0.5, 0.6) is 0 Å². The molecular formula is C15H23ClN2OS. The van der Waals surface area contributed by atoms with E-state index < -0.39 is 0 Å². The molecule has 3 nitrogen and oxygen atoms in total. The van der Waals surface area contributed by atoms with Gasteiger partial charge in [0.25, 0.3) is 0 Å². The Kier molecular flexibility index (Phi) is 6.33. The lowest BCUT2D eigenvalue weighted by Crippen LogP contribution is -2.32. The molecule has 1 aromatic rings. The minimum Gasteiger partial charge on any atom is -0.338 e. The van der Waals surface area contributed by atoms with Gasteiger partial charge in [0.1, 0.15) is 0 Å². The predicted molar refractivity (Wildman–Crippen MR) is 85.2 cm³/mol. The summed E-state index contributed by atoms with van der Waals surface area (Å²) in [6.07, 6.45) is 4.12. The Morgan fingerprint density at radius 1 is 1.45 bits per heavy atom. The van der Waals surface area contributed by atoms with Gasteiger partial charge in [-0.05, 0) is 57.3 Å². The third-order valence-electron chi connectivity index (χ3n) is 3.94. The maximum atomic E-state index is 12.3. The second kappa shape index (κ2) is 8.01. The monoisotopic (exact) mass is 314 g/mol. The molecule has 1 fully saturated rings. The van der Waals surface area contributed by atoms with Crippen LogP contribution in [0.2, 0.25) is 4.34 Å². The zero-order valence-electron chi connectivity index (χ0n) is 12.0. The van der Waals surface area contributed by atoms with Gasteiger partial charge in [0.2, 0.25) is 5.91 Å². The Labute approximate surface area is 130 Å². The molecule has 0 saturated carbocycles. The predicted octanol–water partition coefficient (Wildman–Crippen LogP) is 3.53. The van der Waals surface area contributed by atoms with Crippen LogP contribution in [0.4, 0.5) is 0 Å². The van der Waals surface area contributed by atoms with Crippen molar-refractivity contribution in [3.63, 3.8) is 0 Å². The molecule has 1 saturated heterocycles. The van der Waals surface area contributed by atoms with Crippen LogP contribution in [-0.2, 0) is 11.3 Å². The lowest BCUT2D eigenvalue weighted by atomic mass is 9.93. The molecule has 1 amide bonds. The molecule has 0 aromatic carbocycles. The number of rotatable bonds is 6. The normalized spacial score (nSPS) is 16.3. The van der Waals surface area contributed by atoms with E-state index in [1.165, 1.54) is 12.8 Å². The van der Waals surface area contributed by atoms with Gasteiger partial charge in [0.15, 0.2) is 0 Å². The van der Waals surface area contributed by atoms with E-state index in [1.807, 2.05) is 24.0 Å². The van der Waals surface area contributed by atoms with Crippen molar-refractivity contribution in [1.82, 2.24) is 10.2 Å². The largest absolute Gasteiger partial charge is 0.338 e. The Morgan fingerprint density at radius 2 is 2.20 bits per heavy atom.